The number of carbonyl (C=O) groups is 1. The minimum Gasteiger partial charge on any atom is -0.336 e. The van der Waals surface area contributed by atoms with Gasteiger partial charge >= 0.3 is 0 Å². The molecule has 0 saturated heterocycles. The van der Waals surface area contributed by atoms with E-state index in [0.717, 1.165) is 11.3 Å². The lowest BCUT2D eigenvalue weighted by Crippen LogP contribution is -2.28. The highest BCUT2D eigenvalue weighted by molar-refractivity contribution is 6.30. The molecular formula is C18H18ClN3O. The molecule has 0 spiro atoms. The van der Waals surface area contributed by atoms with Crippen molar-refractivity contribution in [2.45, 2.75) is 19.9 Å². The van der Waals surface area contributed by atoms with Gasteiger partial charge in [0.1, 0.15) is 11.3 Å². The van der Waals surface area contributed by atoms with E-state index >= 15 is 0 Å². The fourth-order valence-electron chi connectivity index (χ4n) is 2.65. The Morgan fingerprint density at radius 2 is 2.00 bits per heavy atom. The maximum atomic E-state index is 12.9. The maximum absolute atomic E-state index is 12.9. The lowest BCUT2D eigenvalue weighted by molar-refractivity contribution is 0.0777. The molecule has 0 bridgehead atoms. The predicted molar refractivity (Wildman–Crippen MR) is 91.8 cm³/mol. The van der Waals surface area contributed by atoms with Crippen LogP contribution in [0.3, 0.4) is 0 Å². The molecule has 5 heteroatoms. The molecule has 2 heterocycles. The van der Waals surface area contributed by atoms with E-state index in [-0.39, 0.29) is 5.91 Å². The van der Waals surface area contributed by atoms with Crippen molar-refractivity contribution in [2.24, 2.45) is 0 Å². The van der Waals surface area contributed by atoms with Gasteiger partial charge in [0.25, 0.3) is 5.91 Å². The third kappa shape index (κ3) is 3.08. The van der Waals surface area contributed by atoms with Crippen LogP contribution in [-0.4, -0.2) is 27.2 Å². The number of pyridine rings is 1. The number of aryl methyl sites for hydroxylation is 1. The van der Waals surface area contributed by atoms with Crippen molar-refractivity contribution in [3.63, 3.8) is 0 Å². The summed E-state index contributed by atoms with van der Waals surface area (Å²) in [7, 11) is 1.81. The van der Waals surface area contributed by atoms with Gasteiger partial charge in [0, 0.05) is 30.9 Å². The SMILES string of the molecule is CCc1nc2cc(Cl)ccn2c1C(=O)N(C)Cc1ccccc1. The van der Waals surface area contributed by atoms with Gasteiger partial charge in [-0.25, -0.2) is 4.98 Å². The first-order chi connectivity index (χ1) is 11.1. The number of nitrogens with zero attached hydrogens (tertiary/aromatic N) is 3. The summed E-state index contributed by atoms with van der Waals surface area (Å²) in [5, 5.41) is 0.613. The summed E-state index contributed by atoms with van der Waals surface area (Å²) in [6.07, 6.45) is 2.49. The number of aromatic nitrogens is 2. The van der Waals surface area contributed by atoms with Crippen LogP contribution in [0.5, 0.6) is 0 Å². The van der Waals surface area contributed by atoms with Crippen molar-refractivity contribution in [2.75, 3.05) is 7.05 Å². The predicted octanol–water partition coefficient (Wildman–Crippen LogP) is 3.82. The molecule has 0 saturated carbocycles. The maximum Gasteiger partial charge on any atom is 0.272 e. The first-order valence-electron chi connectivity index (χ1n) is 7.56. The van der Waals surface area contributed by atoms with E-state index in [9.17, 15) is 4.79 Å². The summed E-state index contributed by atoms with van der Waals surface area (Å²) in [6.45, 7) is 2.56. The van der Waals surface area contributed by atoms with E-state index in [1.807, 2.05) is 48.7 Å². The second kappa shape index (κ2) is 6.42. The van der Waals surface area contributed by atoms with Gasteiger partial charge < -0.3 is 4.90 Å². The lowest BCUT2D eigenvalue weighted by atomic mass is 10.2. The normalized spacial score (nSPS) is 10.9. The number of carbonyl (C=O) groups excluding carboxylic acids is 1. The van der Waals surface area contributed by atoms with Crippen molar-refractivity contribution < 1.29 is 4.79 Å². The Labute approximate surface area is 140 Å². The van der Waals surface area contributed by atoms with Crippen LogP contribution in [0.4, 0.5) is 0 Å². The van der Waals surface area contributed by atoms with Gasteiger partial charge in [-0.2, -0.15) is 0 Å². The largest absolute Gasteiger partial charge is 0.336 e. The first kappa shape index (κ1) is 15.6. The Kier molecular flexibility index (Phi) is 4.35. The Balaban J connectivity index is 1.96. The Hall–Kier alpha value is -2.33. The number of hydrogen-bond donors (Lipinski definition) is 0. The van der Waals surface area contributed by atoms with E-state index in [2.05, 4.69) is 4.98 Å². The molecule has 1 aromatic carbocycles. The quantitative estimate of drug-likeness (QED) is 0.730. The van der Waals surface area contributed by atoms with Crippen molar-refractivity contribution >= 4 is 23.2 Å². The van der Waals surface area contributed by atoms with Crippen molar-refractivity contribution in [3.05, 3.63) is 70.6 Å². The summed E-state index contributed by atoms with van der Waals surface area (Å²) >= 11 is 6.02. The molecule has 4 nitrogen and oxygen atoms in total. The second-order valence-electron chi connectivity index (χ2n) is 5.48. The summed E-state index contributed by atoms with van der Waals surface area (Å²) in [5.41, 5.74) is 3.19. The summed E-state index contributed by atoms with van der Waals surface area (Å²) in [6, 6.07) is 13.5. The molecule has 2 aromatic heterocycles. The fourth-order valence-corrected chi connectivity index (χ4v) is 2.81. The fraction of sp³-hybridized carbons (Fsp3) is 0.222. The minimum absolute atomic E-state index is 0.0412. The van der Waals surface area contributed by atoms with Crippen molar-refractivity contribution in [1.82, 2.24) is 14.3 Å². The summed E-state index contributed by atoms with van der Waals surface area (Å²) < 4.78 is 1.81. The zero-order valence-corrected chi connectivity index (χ0v) is 13.9. The van der Waals surface area contributed by atoms with E-state index < -0.39 is 0 Å². The number of imidazole rings is 1. The molecular weight excluding hydrogens is 310 g/mol. The van der Waals surface area contributed by atoms with Crippen LogP contribution in [-0.2, 0) is 13.0 Å². The Bertz CT molecular complexity index is 842. The van der Waals surface area contributed by atoms with Crippen LogP contribution in [0, 0.1) is 0 Å². The highest BCUT2D eigenvalue weighted by atomic mass is 35.5. The lowest BCUT2D eigenvalue weighted by Gasteiger charge is -2.17. The molecule has 118 valence electrons. The molecule has 0 fully saturated rings. The number of amides is 1. The molecule has 3 rings (SSSR count). The summed E-state index contributed by atoms with van der Waals surface area (Å²) in [5.74, 6) is -0.0412. The van der Waals surface area contributed by atoms with Crippen LogP contribution in [0.2, 0.25) is 5.02 Å². The number of halogens is 1. The number of rotatable bonds is 4. The first-order valence-corrected chi connectivity index (χ1v) is 7.94. The monoisotopic (exact) mass is 327 g/mol. The van der Waals surface area contributed by atoms with E-state index in [1.165, 1.54) is 0 Å². The molecule has 0 radical (unpaired) electrons. The number of hydrogen-bond acceptors (Lipinski definition) is 2. The van der Waals surface area contributed by atoms with Gasteiger partial charge in [-0.3, -0.25) is 9.20 Å². The minimum atomic E-state index is -0.0412. The average molecular weight is 328 g/mol. The molecule has 0 aliphatic rings. The van der Waals surface area contributed by atoms with Gasteiger partial charge in [-0.05, 0) is 18.1 Å². The Morgan fingerprint density at radius 3 is 2.70 bits per heavy atom. The smallest absolute Gasteiger partial charge is 0.272 e. The highest BCUT2D eigenvalue weighted by Crippen LogP contribution is 2.19. The van der Waals surface area contributed by atoms with Crippen LogP contribution in [0.25, 0.3) is 5.65 Å². The van der Waals surface area contributed by atoms with Crippen LogP contribution in [0.15, 0.2) is 48.7 Å². The topological polar surface area (TPSA) is 37.6 Å². The van der Waals surface area contributed by atoms with E-state index in [4.69, 9.17) is 11.6 Å². The zero-order valence-electron chi connectivity index (χ0n) is 13.2. The van der Waals surface area contributed by atoms with Crippen molar-refractivity contribution in [1.29, 1.82) is 0 Å². The molecule has 23 heavy (non-hydrogen) atoms. The molecule has 0 aliphatic carbocycles. The molecule has 3 aromatic rings. The van der Waals surface area contributed by atoms with Crippen molar-refractivity contribution in [3.8, 4) is 0 Å². The number of fused-ring (bicyclic) bond motifs is 1. The van der Waals surface area contributed by atoms with E-state index in [1.54, 1.807) is 23.2 Å². The molecule has 0 N–H and O–H groups in total. The second-order valence-corrected chi connectivity index (χ2v) is 5.92. The van der Waals surface area contributed by atoms with Gasteiger partial charge in [0.05, 0.1) is 5.69 Å². The van der Waals surface area contributed by atoms with Gasteiger partial charge in [0.15, 0.2) is 0 Å². The van der Waals surface area contributed by atoms with Crippen LogP contribution in [0.1, 0.15) is 28.7 Å². The highest BCUT2D eigenvalue weighted by Gasteiger charge is 2.21. The number of benzene rings is 1. The van der Waals surface area contributed by atoms with Gasteiger partial charge in [0.2, 0.25) is 0 Å². The molecule has 1 amide bonds. The zero-order chi connectivity index (χ0) is 16.4. The third-order valence-corrected chi connectivity index (χ3v) is 4.04. The molecule has 0 aliphatic heterocycles. The summed E-state index contributed by atoms with van der Waals surface area (Å²) in [4.78, 5) is 19.2. The third-order valence-electron chi connectivity index (χ3n) is 3.81. The van der Waals surface area contributed by atoms with Crippen LogP contribution < -0.4 is 0 Å². The average Bonchev–Trinajstić information content (AvgIpc) is 2.92. The molecule has 0 unspecified atom stereocenters. The molecule has 0 atom stereocenters. The standard InChI is InChI=1S/C18H18ClN3O/c1-3-15-17(22-10-9-14(19)11-16(22)20-15)18(23)21(2)12-13-7-5-4-6-8-13/h4-11H,3,12H2,1-2H3. The van der Waals surface area contributed by atoms with E-state index in [0.29, 0.717) is 29.3 Å². The van der Waals surface area contributed by atoms with Gasteiger partial charge in [-0.15, -0.1) is 0 Å². The van der Waals surface area contributed by atoms with Crippen LogP contribution >= 0.6 is 11.6 Å². The Morgan fingerprint density at radius 1 is 1.26 bits per heavy atom. The van der Waals surface area contributed by atoms with Gasteiger partial charge in [-0.1, -0.05) is 48.9 Å².